The first kappa shape index (κ1) is 40.0. The summed E-state index contributed by atoms with van der Waals surface area (Å²) in [6, 6.07) is 18.7. The molecular weight excluding hydrogens is 925 g/mol. The Bertz CT molecular complexity index is 975. The summed E-state index contributed by atoms with van der Waals surface area (Å²) >= 11 is 8.85. The van der Waals surface area contributed by atoms with Crippen LogP contribution >= 0.6 is 90.4 Å². The number of hydrogen-bond donors (Lipinski definition) is 2. The number of allylic oxidation sites excluding steroid dienone is 2. The van der Waals surface area contributed by atoms with Gasteiger partial charge in [0.15, 0.2) is 0 Å². The molecule has 8 heteroatoms. The molecule has 3 nitrogen and oxygen atoms in total. The summed E-state index contributed by atoms with van der Waals surface area (Å²) in [5.41, 5.74) is 3.79. The van der Waals surface area contributed by atoms with Crippen LogP contribution in [0.4, 0.5) is 0 Å². The van der Waals surface area contributed by atoms with Crippen molar-refractivity contribution in [1.82, 2.24) is 14.9 Å². The van der Waals surface area contributed by atoms with E-state index in [2.05, 4.69) is 163 Å². The van der Waals surface area contributed by atoms with Gasteiger partial charge in [-0.2, -0.15) is 0 Å². The molecule has 4 aromatic rings. The molecule has 1 radical (unpaired) electrons. The minimum absolute atomic E-state index is 0. The van der Waals surface area contributed by atoms with Crippen molar-refractivity contribution in [3.63, 3.8) is 0 Å². The minimum atomic E-state index is 0. The molecule has 2 heterocycles. The molecule has 0 bridgehead atoms. The number of benzene rings is 2. The zero-order chi connectivity index (χ0) is 26.4. The summed E-state index contributed by atoms with van der Waals surface area (Å²) in [6.45, 7) is 11.5. The third-order valence-corrected chi connectivity index (χ3v) is 3.62. The predicted octanol–water partition coefficient (Wildman–Crippen LogP) is 10.6. The van der Waals surface area contributed by atoms with E-state index in [9.17, 15) is 0 Å². The number of hydrogen-bond acceptors (Lipinski definition) is 1. The maximum absolute atomic E-state index is 3.36. The zero-order valence-electron chi connectivity index (χ0n) is 20.8. The van der Waals surface area contributed by atoms with Crippen molar-refractivity contribution in [3.05, 3.63) is 103 Å². The Morgan fingerprint density at radius 3 is 1.80 bits per heavy atom. The van der Waals surface area contributed by atoms with Gasteiger partial charge in [-0.3, -0.25) is 4.93 Å². The Morgan fingerprint density at radius 2 is 1.31 bits per heavy atom. The van der Waals surface area contributed by atoms with Gasteiger partial charge in [-0.25, -0.2) is 0 Å². The van der Waals surface area contributed by atoms with E-state index >= 15 is 0 Å². The maximum atomic E-state index is 3.36. The molecule has 0 aliphatic rings. The van der Waals surface area contributed by atoms with Gasteiger partial charge in [0.1, 0.15) is -0.0619 Å². The molecule has 0 aliphatic carbocycles. The number of aromatic amines is 2. The Hall–Kier alpha value is 0.464. The van der Waals surface area contributed by atoms with Crippen LogP contribution in [0.5, 0.6) is 0 Å². The van der Waals surface area contributed by atoms with E-state index in [1.54, 1.807) is 12.2 Å². The Balaban J connectivity index is -0.000000407. The van der Waals surface area contributed by atoms with E-state index in [0.717, 1.165) is 6.48 Å². The topological polar surface area (TPSA) is 34.8 Å². The van der Waals surface area contributed by atoms with Crippen LogP contribution in [-0.2, 0) is 25.1 Å². The average molecular weight is 961 g/mol. The van der Waals surface area contributed by atoms with Crippen LogP contribution in [0, 0.1) is 4.93 Å². The van der Waals surface area contributed by atoms with Crippen molar-refractivity contribution in [3.8, 4) is 0 Å². The van der Waals surface area contributed by atoms with Gasteiger partial charge in [0, 0.05) is 53.9 Å². The first-order valence-electron chi connectivity index (χ1n) is 10.4. The SMILES string of the molecule is C=CC.C=CC.CN(C)Cc1c[nH]c2ccccc12.IC(I)I.[CH2-]I.[V].c1ccc2[nH]ccc2c1. The van der Waals surface area contributed by atoms with E-state index in [1.165, 1.54) is 27.4 Å². The Morgan fingerprint density at radius 1 is 0.857 bits per heavy atom. The summed E-state index contributed by atoms with van der Waals surface area (Å²) in [6.07, 6.45) is 7.54. The second-order valence-electron chi connectivity index (χ2n) is 6.73. The summed E-state index contributed by atoms with van der Waals surface area (Å²) in [5.74, 6) is 0. The molecule has 0 saturated heterocycles. The van der Waals surface area contributed by atoms with Crippen LogP contribution < -0.4 is 0 Å². The van der Waals surface area contributed by atoms with E-state index in [-0.39, 0.29) is 18.6 Å². The number of halogens is 4. The number of alkyl halides is 3. The smallest absolute Gasteiger partial charge is 0.114 e. The van der Waals surface area contributed by atoms with Crippen molar-refractivity contribution in [2.45, 2.75) is 20.3 Å². The average Bonchev–Trinajstić information content (AvgIpc) is 3.43. The standard InChI is InChI=1S/C11H14N2.C8H7N.2C3H6.CHI3.CH2I.V/c1-13(2)8-9-7-12-11-6-4-3-5-10(9)11;1-2-4-8-7(3-1)5-6-9-8;2*1-3-2;2-1(3)4;1-2;/h3-7,12H,8H2,1-2H3;1-6,9H;2*3H,1H2,2H3;1H;1H2;/q;;;;;-1;. The number of nitrogens with zero attached hydrogens (tertiary/aromatic N) is 1. The van der Waals surface area contributed by atoms with Gasteiger partial charge in [0.25, 0.3) is 0 Å². The van der Waals surface area contributed by atoms with Crippen LogP contribution in [-0.4, -0.2) is 28.9 Å². The molecule has 0 fully saturated rings. The minimum Gasteiger partial charge on any atom is -0.361 e. The number of H-pyrrole nitrogens is 2. The van der Waals surface area contributed by atoms with Crippen molar-refractivity contribution in [2.75, 3.05) is 14.1 Å². The fourth-order valence-electron chi connectivity index (χ4n) is 2.60. The van der Waals surface area contributed by atoms with Gasteiger partial charge in [-0.15, -0.1) is 13.2 Å². The number of aromatic nitrogens is 2. The van der Waals surface area contributed by atoms with Gasteiger partial charge in [0.2, 0.25) is 0 Å². The molecular formula is C27H36I4N3V-. The van der Waals surface area contributed by atoms with Crippen LogP contribution in [0.3, 0.4) is 0 Å². The second kappa shape index (κ2) is 27.5. The van der Waals surface area contributed by atoms with Crippen LogP contribution in [0.2, 0.25) is 0 Å². The summed E-state index contributed by atoms with van der Waals surface area (Å²) in [5, 5.41) is 2.61. The zero-order valence-corrected chi connectivity index (χ0v) is 30.8. The Kier molecular flexibility index (Phi) is 31.4. The molecule has 2 aromatic carbocycles. The van der Waals surface area contributed by atoms with Crippen molar-refractivity contribution in [2.24, 2.45) is 0 Å². The molecule has 35 heavy (non-hydrogen) atoms. The normalized spacial score (nSPS) is 8.77. The summed E-state index contributed by atoms with van der Waals surface area (Å²) in [4.78, 5) is 11.8. The molecule has 4 rings (SSSR count). The first-order chi connectivity index (χ1) is 16.3. The van der Waals surface area contributed by atoms with E-state index in [0.29, 0.717) is 0 Å². The van der Waals surface area contributed by atoms with Gasteiger partial charge in [0.05, 0.1) is 0 Å². The van der Waals surface area contributed by atoms with Crippen LogP contribution in [0.25, 0.3) is 21.8 Å². The van der Waals surface area contributed by atoms with Crippen LogP contribution in [0.15, 0.2) is 92.3 Å². The molecule has 0 unspecified atom stereocenters. The first-order valence-corrected chi connectivity index (χ1v) is 15.6. The molecule has 193 valence electrons. The Labute approximate surface area is 279 Å². The van der Waals surface area contributed by atoms with Crippen molar-refractivity contribution >= 4 is 112 Å². The molecule has 0 saturated carbocycles. The summed E-state index contributed by atoms with van der Waals surface area (Å²) < 4.78 is 0.743. The third-order valence-electron chi connectivity index (χ3n) is 3.62. The quantitative estimate of drug-likeness (QED) is 0.0893. The molecule has 0 amide bonds. The molecule has 0 aliphatic heterocycles. The number of para-hydroxylation sites is 2. The van der Waals surface area contributed by atoms with Gasteiger partial charge < -0.3 is 37.5 Å². The number of nitrogens with one attached hydrogen (secondary N) is 2. The third kappa shape index (κ3) is 21.1. The van der Waals surface area contributed by atoms with Crippen molar-refractivity contribution < 1.29 is 18.6 Å². The largest absolute Gasteiger partial charge is 0.361 e. The molecule has 0 atom stereocenters. The molecule has 0 spiro atoms. The van der Waals surface area contributed by atoms with Gasteiger partial charge in [-0.05, 0) is 57.1 Å². The van der Waals surface area contributed by atoms with E-state index in [4.69, 9.17) is 0 Å². The molecule has 2 aromatic heterocycles. The van der Waals surface area contributed by atoms with Gasteiger partial charge >= 0.3 is 0 Å². The van der Waals surface area contributed by atoms with Crippen LogP contribution in [0.1, 0.15) is 19.4 Å². The second-order valence-corrected chi connectivity index (χ2v) is 17.6. The fraction of sp³-hybridized carbons (Fsp3) is 0.222. The number of rotatable bonds is 2. The molecule has 2 N–H and O–H groups in total. The maximum Gasteiger partial charge on any atom is 0.114 e. The monoisotopic (exact) mass is 961 g/mol. The van der Waals surface area contributed by atoms with Crippen molar-refractivity contribution in [1.29, 1.82) is 0 Å². The fourth-order valence-corrected chi connectivity index (χ4v) is 2.60. The predicted molar refractivity (Wildman–Crippen MR) is 191 cm³/mol. The summed E-state index contributed by atoms with van der Waals surface area (Å²) in [7, 11) is 4.17. The van der Waals surface area contributed by atoms with E-state index in [1.807, 2.05) is 54.8 Å². The van der Waals surface area contributed by atoms with E-state index < -0.39 is 0 Å². The number of fused-ring (bicyclic) bond motifs is 2. The van der Waals surface area contributed by atoms with Gasteiger partial charge in [-0.1, -0.05) is 116 Å².